The van der Waals surface area contributed by atoms with Gasteiger partial charge in [0.25, 0.3) is 0 Å². The van der Waals surface area contributed by atoms with E-state index in [9.17, 15) is 9.90 Å². The SMILES string of the molecule is COc1ccc(OC)c2c1CN(C(=O)COC1CCCCC1)CC2O. The number of aliphatic hydroxyl groups is 1. The third-order valence-electron chi connectivity index (χ3n) is 5.14. The number of carbonyl (C=O) groups excluding carboxylic acids is 1. The molecule has 0 radical (unpaired) electrons. The number of amides is 1. The van der Waals surface area contributed by atoms with Gasteiger partial charge in [-0.05, 0) is 25.0 Å². The van der Waals surface area contributed by atoms with Crippen LogP contribution in [0.4, 0.5) is 0 Å². The molecule has 6 heteroatoms. The van der Waals surface area contributed by atoms with Crippen molar-refractivity contribution in [1.82, 2.24) is 4.90 Å². The molecule has 1 unspecified atom stereocenters. The summed E-state index contributed by atoms with van der Waals surface area (Å²) in [5.41, 5.74) is 1.51. The number of β-amino-alcohol motifs (C(OH)–C–C–N with tert-alkyl or cyclic N) is 1. The van der Waals surface area contributed by atoms with Gasteiger partial charge >= 0.3 is 0 Å². The molecule has 0 bridgehead atoms. The molecule has 2 aliphatic rings. The second kappa shape index (κ2) is 8.06. The highest BCUT2D eigenvalue weighted by Crippen LogP contribution is 2.39. The molecule has 0 aromatic heterocycles. The topological polar surface area (TPSA) is 68.2 Å². The highest BCUT2D eigenvalue weighted by molar-refractivity contribution is 5.78. The molecule has 1 aromatic rings. The fourth-order valence-corrected chi connectivity index (χ4v) is 3.78. The first-order chi connectivity index (χ1) is 12.1. The Labute approximate surface area is 148 Å². The predicted octanol–water partition coefficient (Wildman–Crippen LogP) is 2.43. The minimum Gasteiger partial charge on any atom is -0.496 e. The molecule has 1 aliphatic carbocycles. The molecule has 1 aromatic carbocycles. The van der Waals surface area contributed by atoms with Crippen molar-refractivity contribution in [3.63, 3.8) is 0 Å². The van der Waals surface area contributed by atoms with Gasteiger partial charge in [0, 0.05) is 17.7 Å². The van der Waals surface area contributed by atoms with Crippen LogP contribution in [-0.2, 0) is 16.1 Å². The van der Waals surface area contributed by atoms with Crippen LogP contribution in [-0.4, -0.2) is 49.4 Å². The summed E-state index contributed by atoms with van der Waals surface area (Å²) < 4.78 is 16.6. The molecular formula is C19H27NO5. The third kappa shape index (κ3) is 3.90. The monoisotopic (exact) mass is 349 g/mol. The second-order valence-corrected chi connectivity index (χ2v) is 6.72. The van der Waals surface area contributed by atoms with E-state index in [1.165, 1.54) is 19.3 Å². The van der Waals surface area contributed by atoms with Gasteiger partial charge in [0.1, 0.15) is 24.2 Å². The molecule has 3 rings (SSSR count). The average Bonchev–Trinajstić information content (AvgIpc) is 2.65. The van der Waals surface area contributed by atoms with Crippen molar-refractivity contribution in [3.8, 4) is 11.5 Å². The van der Waals surface area contributed by atoms with Gasteiger partial charge in [-0.15, -0.1) is 0 Å². The third-order valence-corrected chi connectivity index (χ3v) is 5.14. The highest BCUT2D eigenvalue weighted by Gasteiger charge is 2.32. The zero-order valence-corrected chi connectivity index (χ0v) is 15.0. The van der Waals surface area contributed by atoms with E-state index in [0.29, 0.717) is 23.6 Å². The number of aliphatic hydroxyl groups excluding tert-OH is 1. The van der Waals surface area contributed by atoms with Crippen LogP contribution in [0.15, 0.2) is 12.1 Å². The number of ether oxygens (including phenoxy) is 3. The summed E-state index contributed by atoms with van der Waals surface area (Å²) in [5.74, 6) is 1.18. The number of hydrogen-bond donors (Lipinski definition) is 1. The molecule has 1 aliphatic heterocycles. The first kappa shape index (κ1) is 18.0. The van der Waals surface area contributed by atoms with E-state index in [1.54, 1.807) is 31.3 Å². The Balaban J connectivity index is 1.70. The van der Waals surface area contributed by atoms with E-state index in [4.69, 9.17) is 14.2 Å². The van der Waals surface area contributed by atoms with Crippen molar-refractivity contribution >= 4 is 5.91 Å². The Kier molecular flexibility index (Phi) is 5.81. The van der Waals surface area contributed by atoms with Crippen molar-refractivity contribution in [3.05, 3.63) is 23.3 Å². The van der Waals surface area contributed by atoms with Gasteiger partial charge < -0.3 is 24.2 Å². The van der Waals surface area contributed by atoms with Crippen LogP contribution in [0.25, 0.3) is 0 Å². The van der Waals surface area contributed by atoms with Gasteiger partial charge in [-0.3, -0.25) is 4.79 Å². The van der Waals surface area contributed by atoms with Gasteiger partial charge in [0.15, 0.2) is 0 Å². The van der Waals surface area contributed by atoms with Crippen LogP contribution in [0.5, 0.6) is 11.5 Å². The maximum atomic E-state index is 12.6. The number of nitrogens with zero attached hydrogens (tertiary/aromatic N) is 1. The Bertz CT molecular complexity index is 612. The number of benzene rings is 1. The quantitative estimate of drug-likeness (QED) is 0.884. The fourth-order valence-electron chi connectivity index (χ4n) is 3.78. The maximum Gasteiger partial charge on any atom is 0.248 e. The molecule has 1 amide bonds. The maximum absolute atomic E-state index is 12.6. The number of hydrogen-bond acceptors (Lipinski definition) is 5. The van der Waals surface area contributed by atoms with Crippen LogP contribution in [0.3, 0.4) is 0 Å². The van der Waals surface area contributed by atoms with E-state index < -0.39 is 6.10 Å². The molecule has 0 spiro atoms. The van der Waals surface area contributed by atoms with Crippen LogP contribution < -0.4 is 9.47 Å². The van der Waals surface area contributed by atoms with Crippen LogP contribution in [0.1, 0.15) is 49.3 Å². The lowest BCUT2D eigenvalue weighted by Gasteiger charge is -2.34. The Hall–Kier alpha value is -1.79. The molecule has 1 saturated carbocycles. The van der Waals surface area contributed by atoms with E-state index >= 15 is 0 Å². The Morgan fingerprint density at radius 1 is 1.16 bits per heavy atom. The van der Waals surface area contributed by atoms with E-state index in [-0.39, 0.29) is 25.2 Å². The van der Waals surface area contributed by atoms with E-state index in [2.05, 4.69) is 0 Å². The minimum absolute atomic E-state index is 0.0685. The van der Waals surface area contributed by atoms with Crippen molar-refractivity contribution in [2.45, 2.75) is 50.9 Å². The smallest absolute Gasteiger partial charge is 0.248 e. The lowest BCUT2D eigenvalue weighted by molar-refractivity contribution is -0.141. The molecule has 1 N–H and O–H groups in total. The van der Waals surface area contributed by atoms with Crippen LogP contribution >= 0.6 is 0 Å². The van der Waals surface area contributed by atoms with Gasteiger partial charge in [0.05, 0.1) is 26.9 Å². The zero-order valence-electron chi connectivity index (χ0n) is 15.0. The summed E-state index contributed by atoms with van der Waals surface area (Å²) in [4.78, 5) is 14.2. The average molecular weight is 349 g/mol. The van der Waals surface area contributed by atoms with Gasteiger partial charge in [-0.25, -0.2) is 0 Å². The van der Waals surface area contributed by atoms with Crippen molar-refractivity contribution in [1.29, 1.82) is 0 Å². The standard InChI is InChI=1S/C19H27NO5/c1-23-16-8-9-17(24-2)19-14(16)10-20(11-15(19)21)18(22)12-25-13-6-4-3-5-7-13/h8-9,13,15,21H,3-7,10-12H2,1-2H3. The second-order valence-electron chi connectivity index (χ2n) is 6.72. The normalized spacial score (nSPS) is 20.9. The Morgan fingerprint density at radius 3 is 2.52 bits per heavy atom. The lowest BCUT2D eigenvalue weighted by atomic mass is 9.95. The Morgan fingerprint density at radius 2 is 1.84 bits per heavy atom. The van der Waals surface area contributed by atoms with E-state index in [1.807, 2.05) is 0 Å². The van der Waals surface area contributed by atoms with E-state index in [0.717, 1.165) is 18.4 Å². The van der Waals surface area contributed by atoms with Crippen molar-refractivity contribution < 1.29 is 24.1 Å². The molecule has 138 valence electrons. The number of carbonyl (C=O) groups is 1. The van der Waals surface area contributed by atoms with Crippen molar-refractivity contribution in [2.24, 2.45) is 0 Å². The zero-order chi connectivity index (χ0) is 17.8. The number of fused-ring (bicyclic) bond motifs is 1. The van der Waals surface area contributed by atoms with Crippen molar-refractivity contribution in [2.75, 3.05) is 27.4 Å². The first-order valence-corrected chi connectivity index (χ1v) is 8.95. The highest BCUT2D eigenvalue weighted by atomic mass is 16.5. The summed E-state index contributed by atoms with van der Waals surface area (Å²) in [6.45, 7) is 0.696. The summed E-state index contributed by atoms with van der Waals surface area (Å²) in [6.07, 6.45) is 5.05. The molecule has 0 saturated heterocycles. The summed E-state index contributed by atoms with van der Waals surface area (Å²) in [5, 5.41) is 10.6. The number of methoxy groups -OCH3 is 2. The predicted molar refractivity (Wildman–Crippen MR) is 92.7 cm³/mol. The first-order valence-electron chi connectivity index (χ1n) is 8.95. The molecule has 1 heterocycles. The largest absolute Gasteiger partial charge is 0.496 e. The summed E-state index contributed by atoms with van der Waals surface area (Å²) in [6, 6.07) is 3.58. The summed E-state index contributed by atoms with van der Waals surface area (Å²) in [7, 11) is 3.16. The lowest BCUT2D eigenvalue weighted by Crippen LogP contribution is -2.41. The minimum atomic E-state index is -0.799. The molecule has 6 nitrogen and oxygen atoms in total. The molecular weight excluding hydrogens is 322 g/mol. The van der Waals surface area contributed by atoms with Gasteiger partial charge in [0.2, 0.25) is 5.91 Å². The number of rotatable bonds is 5. The van der Waals surface area contributed by atoms with Gasteiger partial charge in [-0.1, -0.05) is 19.3 Å². The fraction of sp³-hybridized carbons (Fsp3) is 0.632. The van der Waals surface area contributed by atoms with Crippen LogP contribution in [0, 0.1) is 0 Å². The summed E-state index contributed by atoms with van der Waals surface area (Å²) >= 11 is 0. The van der Waals surface area contributed by atoms with Gasteiger partial charge in [-0.2, -0.15) is 0 Å². The van der Waals surface area contributed by atoms with Crippen LogP contribution in [0.2, 0.25) is 0 Å². The molecule has 1 fully saturated rings. The molecule has 1 atom stereocenters. The molecule has 25 heavy (non-hydrogen) atoms.